The lowest BCUT2D eigenvalue weighted by Crippen LogP contribution is -1.98. The van der Waals surface area contributed by atoms with Crippen LogP contribution in [0.15, 0.2) is 30.9 Å². The molecule has 0 radical (unpaired) electrons. The maximum Gasteiger partial charge on any atom is 0.162 e. The first-order chi connectivity index (χ1) is 7.15. The maximum absolute atomic E-state index is 11.7. The first-order valence-corrected chi connectivity index (χ1v) is 6.20. The molecule has 0 amide bonds. The molecule has 3 heteroatoms. The van der Waals surface area contributed by atoms with Gasteiger partial charge in [-0.3, -0.25) is 4.79 Å². The fourth-order valence-electron chi connectivity index (χ4n) is 1.22. The number of unbranched alkanes of at least 4 members (excludes halogenated alkanes) is 1. The van der Waals surface area contributed by atoms with Gasteiger partial charge < -0.3 is 0 Å². The molecule has 0 aliphatic rings. The second-order valence-electron chi connectivity index (χ2n) is 3.23. The Morgan fingerprint density at radius 1 is 1.53 bits per heavy atom. The van der Waals surface area contributed by atoms with Gasteiger partial charge in [-0.15, -0.1) is 6.58 Å². The van der Waals surface area contributed by atoms with Crippen LogP contribution in [-0.2, 0) is 0 Å². The molecule has 0 spiro atoms. The fraction of sp³-hybridized carbons (Fsp3) is 0.250. The van der Waals surface area contributed by atoms with Gasteiger partial charge in [0, 0.05) is 15.6 Å². The van der Waals surface area contributed by atoms with Crippen LogP contribution in [0.4, 0.5) is 0 Å². The largest absolute Gasteiger partial charge is 0.294 e. The summed E-state index contributed by atoms with van der Waals surface area (Å²) in [6, 6.07) is 5.42. The van der Waals surface area contributed by atoms with Crippen molar-refractivity contribution in [1.29, 1.82) is 0 Å². The number of Topliss-reactive ketones (excluding diaryl/α,β-unsaturated/α-hetero) is 1. The highest BCUT2D eigenvalue weighted by molar-refractivity contribution is 14.1. The van der Waals surface area contributed by atoms with E-state index in [-0.39, 0.29) is 5.78 Å². The summed E-state index contributed by atoms with van der Waals surface area (Å²) in [5.41, 5.74) is 0.699. The fourth-order valence-corrected chi connectivity index (χ4v) is 1.74. The van der Waals surface area contributed by atoms with Gasteiger partial charge in [0.2, 0.25) is 0 Å². The summed E-state index contributed by atoms with van der Waals surface area (Å²) in [4.78, 5) is 11.7. The quantitative estimate of drug-likeness (QED) is 0.336. The van der Waals surface area contributed by atoms with Gasteiger partial charge in [-0.2, -0.15) is 0 Å². The molecule has 0 N–H and O–H groups in total. The van der Waals surface area contributed by atoms with E-state index in [0.717, 1.165) is 16.4 Å². The maximum atomic E-state index is 11.7. The molecular formula is C12H12ClIO. The molecule has 0 aliphatic heterocycles. The van der Waals surface area contributed by atoms with E-state index in [1.807, 2.05) is 18.2 Å². The van der Waals surface area contributed by atoms with Crippen LogP contribution in [0.3, 0.4) is 0 Å². The minimum atomic E-state index is 0.148. The molecule has 1 aromatic carbocycles. The third-order valence-corrected chi connectivity index (χ3v) is 3.63. The van der Waals surface area contributed by atoms with Crippen molar-refractivity contribution in [2.45, 2.75) is 19.3 Å². The Balaban J connectivity index is 2.65. The Bertz CT molecular complexity index is 374. The van der Waals surface area contributed by atoms with Crippen molar-refractivity contribution in [2.75, 3.05) is 0 Å². The third kappa shape index (κ3) is 3.95. The number of allylic oxidation sites excluding steroid dienone is 1. The van der Waals surface area contributed by atoms with E-state index in [1.165, 1.54) is 0 Å². The Hall–Kier alpha value is -0.350. The van der Waals surface area contributed by atoms with Gasteiger partial charge in [0.1, 0.15) is 0 Å². The van der Waals surface area contributed by atoms with Gasteiger partial charge in [-0.1, -0.05) is 23.7 Å². The molecule has 0 saturated heterocycles. The van der Waals surface area contributed by atoms with Crippen LogP contribution in [0.1, 0.15) is 29.6 Å². The molecule has 0 bridgehead atoms. The highest BCUT2D eigenvalue weighted by Crippen LogP contribution is 2.20. The lowest BCUT2D eigenvalue weighted by atomic mass is 10.1. The van der Waals surface area contributed by atoms with Crippen LogP contribution in [-0.4, -0.2) is 5.78 Å². The number of ketones is 1. The van der Waals surface area contributed by atoms with E-state index in [2.05, 4.69) is 29.2 Å². The summed E-state index contributed by atoms with van der Waals surface area (Å²) in [6.07, 6.45) is 4.12. The van der Waals surface area contributed by atoms with Crippen LogP contribution in [0.2, 0.25) is 5.02 Å². The van der Waals surface area contributed by atoms with Crippen molar-refractivity contribution >= 4 is 40.0 Å². The predicted molar refractivity (Wildman–Crippen MR) is 72.5 cm³/mol. The standard InChI is InChI=1S/C12H12ClIO/c1-2-3-4-5-12(15)9-6-7-11(14)10(13)8-9/h2,6-8H,1,3-5H2. The number of carbonyl (C=O) groups excluding carboxylic acids is 1. The summed E-state index contributed by atoms with van der Waals surface area (Å²) in [7, 11) is 0. The zero-order valence-corrected chi connectivity index (χ0v) is 11.2. The number of carbonyl (C=O) groups is 1. The Labute approximate surface area is 109 Å². The first-order valence-electron chi connectivity index (χ1n) is 4.74. The minimum Gasteiger partial charge on any atom is -0.294 e. The average Bonchev–Trinajstić information content (AvgIpc) is 2.22. The van der Waals surface area contributed by atoms with Gasteiger partial charge >= 0.3 is 0 Å². The van der Waals surface area contributed by atoms with Gasteiger partial charge in [-0.05, 0) is 47.6 Å². The Morgan fingerprint density at radius 3 is 2.87 bits per heavy atom. The van der Waals surface area contributed by atoms with Gasteiger partial charge in [-0.25, -0.2) is 0 Å². The van der Waals surface area contributed by atoms with E-state index >= 15 is 0 Å². The van der Waals surface area contributed by atoms with E-state index < -0.39 is 0 Å². The molecule has 0 aromatic heterocycles. The molecule has 1 nitrogen and oxygen atoms in total. The van der Waals surface area contributed by atoms with Crippen LogP contribution in [0.25, 0.3) is 0 Å². The monoisotopic (exact) mass is 334 g/mol. The molecule has 15 heavy (non-hydrogen) atoms. The molecule has 0 aliphatic carbocycles. The third-order valence-electron chi connectivity index (χ3n) is 2.05. The van der Waals surface area contributed by atoms with E-state index in [0.29, 0.717) is 17.0 Å². The highest BCUT2D eigenvalue weighted by atomic mass is 127. The van der Waals surface area contributed by atoms with Crippen molar-refractivity contribution in [3.05, 3.63) is 45.0 Å². The topological polar surface area (TPSA) is 17.1 Å². The molecule has 0 unspecified atom stereocenters. The lowest BCUT2D eigenvalue weighted by molar-refractivity contribution is 0.0980. The average molecular weight is 335 g/mol. The van der Waals surface area contributed by atoms with E-state index in [1.54, 1.807) is 6.07 Å². The number of benzene rings is 1. The molecule has 80 valence electrons. The summed E-state index contributed by atoms with van der Waals surface area (Å²) in [6.45, 7) is 3.62. The van der Waals surface area contributed by atoms with Crippen LogP contribution >= 0.6 is 34.2 Å². The van der Waals surface area contributed by atoms with Crippen molar-refractivity contribution in [3.63, 3.8) is 0 Å². The summed E-state index contributed by atoms with van der Waals surface area (Å²) in [5, 5.41) is 0.644. The molecule has 0 fully saturated rings. The molecular weight excluding hydrogens is 322 g/mol. The molecule has 1 rings (SSSR count). The first kappa shape index (κ1) is 12.7. The molecule has 1 aromatic rings. The molecule has 0 atom stereocenters. The number of halogens is 2. The minimum absolute atomic E-state index is 0.148. The normalized spacial score (nSPS) is 10.0. The Morgan fingerprint density at radius 2 is 2.27 bits per heavy atom. The predicted octanol–water partition coefficient (Wildman–Crippen LogP) is 4.48. The summed E-state index contributed by atoms with van der Waals surface area (Å²) in [5.74, 6) is 0.148. The zero-order chi connectivity index (χ0) is 11.3. The van der Waals surface area contributed by atoms with E-state index in [4.69, 9.17) is 11.6 Å². The smallest absolute Gasteiger partial charge is 0.162 e. The van der Waals surface area contributed by atoms with Crippen molar-refractivity contribution < 1.29 is 4.79 Å². The number of hydrogen-bond acceptors (Lipinski definition) is 1. The van der Waals surface area contributed by atoms with Crippen molar-refractivity contribution in [3.8, 4) is 0 Å². The number of hydrogen-bond donors (Lipinski definition) is 0. The van der Waals surface area contributed by atoms with Gasteiger partial charge in [0.25, 0.3) is 0 Å². The second kappa shape index (κ2) is 6.28. The highest BCUT2D eigenvalue weighted by Gasteiger charge is 2.06. The van der Waals surface area contributed by atoms with Crippen molar-refractivity contribution in [2.24, 2.45) is 0 Å². The SMILES string of the molecule is C=CCCCC(=O)c1ccc(I)c(Cl)c1. The summed E-state index contributed by atoms with van der Waals surface area (Å²) < 4.78 is 0.969. The Kier molecular flexibility index (Phi) is 5.32. The van der Waals surface area contributed by atoms with Crippen LogP contribution < -0.4 is 0 Å². The van der Waals surface area contributed by atoms with Crippen LogP contribution in [0, 0.1) is 3.57 Å². The second-order valence-corrected chi connectivity index (χ2v) is 4.80. The van der Waals surface area contributed by atoms with Gasteiger partial charge in [0.05, 0.1) is 5.02 Å². The zero-order valence-electron chi connectivity index (χ0n) is 8.30. The number of rotatable bonds is 5. The van der Waals surface area contributed by atoms with Gasteiger partial charge in [0.15, 0.2) is 5.78 Å². The van der Waals surface area contributed by atoms with Crippen LogP contribution in [0.5, 0.6) is 0 Å². The van der Waals surface area contributed by atoms with Crippen molar-refractivity contribution in [1.82, 2.24) is 0 Å². The van der Waals surface area contributed by atoms with E-state index in [9.17, 15) is 4.79 Å². The lowest BCUT2D eigenvalue weighted by Gasteiger charge is -2.02. The molecule has 0 heterocycles. The molecule has 0 saturated carbocycles. The summed E-state index contributed by atoms with van der Waals surface area (Å²) >= 11 is 8.09.